The Bertz CT molecular complexity index is 1130. The van der Waals surface area contributed by atoms with Gasteiger partial charge in [-0.1, -0.05) is 57.0 Å². The van der Waals surface area contributed by atoms with Crippen LogP contribution in [-0.2, 0) is 10.0 Å². The molecular weight excluding hydrogens is 394 g/mol. The van der Waals surface area contributed by atoms with Crippen LogP contribution in [0.5, 0.6) is 5.75 Å². The number of para-hydroxylation sites is 1. The Morgan fingerprint density at radius 1 is 1.03 bits per heavy atom. The molecule has 160 valence electrons. The van der Waals surface area contributed by atoms with Gasteiger partial charge in [-0.2, -0.15) is 0 Å². The Labute approximate surface area is 179 Å². The third-order valence-corrected chi connectivity index (χ3v) is 8.15. The molecular formula is C25H31NO3S. The molecule has 0 saturated heterocycles. The second-order valence-electron chi connectivity index (χ2n) is 9.11. The first-order chi connectivity index (χ1) is 14.3. The van der Waals surface area contributed by atoms with Crippen molar-refractivity contribution in [1.29, 1.82) is 0 Å². The lowest BCUT2D eigenvalue weighted by Gasteiger charge is -2.37. The molecule has 0 spiro atoms. The predicted molar refractivity (Wildman–Crippen MR) is 121 cm³/mol. The van der Waals surface area contributed by atoms with Crippen LogP contribution in [-0.4, -0.2) is 18.5 Å². The van der Waals surface area contributed by atoms with E-state index in [0.29, 0.717) is 29.0 Å². The van der Waals surface area contributed by atoms with Crippen LogP contribution in [0.25, 0.3) is 10.9 Å². The molecule has 4 rings (SSSR count). The van der Waals surface area contributed by atoms with Crippen molar-refractivity contribution in [3.63, 3.8) is 0 Å². The van der Waals surface area contributed by atoms with E-state index in [1.165, 1.54) is 10.4 Å². The van der Waals surface area contributed by atoms with Crippen LogP contribution < -0.4 is 4.74 Å². The molecule has 1 aromatic heterocycles. The summed E-state index contributed by atoms with van der Waals surface area (Å²) in [6, 6.07) is 14.6. The maximum Gasteiger partial charge on any atom is 0.268 e. The minimum Gasteiger partial charge on any atom is -0.488 e. The number of fused-ring (bicyclic) bond motifs is 1. The summed E-state index contributed by atoms with van der Waals surface area (Å²) in [6.07, 6.45) is 5.16. The van der Waals surface area contributed by atoms with Crippen molar-refractivity contribution in [3.8, 4) is 5.75 Å². The number of hydrogen-bond donors (Lipinski definition) is 0. The molecule has 30 heavy (non-hydrogen) atoms. The summed E-state index contributed by atoms with van der Waals surface area (Å²) in [5.74, 6) is 2.30. The molecule has 0 unspecified atom stereocenters. The topological polar surface area (TPSA) is 48.3 Å². The van der Waals surface area contributed by atoms with Crippen LogP contribution in [0.3, 0.4) is 0 Å². The van der Waals surface area contributed by atoms with Gasteiger partial charge in [0.15, 0.2) is 0 Å². The number of nitrogens with zero attached hydrogens (tertiary/aromatic N) is 1. The van der Waals surface area contributed by atoms with Crippen LogP contribution >= 0.6 is 0 Å². The van der Waals surface area contributed by atoms with Crippen molar-refractivity contribution in [3.05, 3.63) is 60.3 Å². The van der Waals surface area contributed by atoms with E-state index in [9.17, 15) is 8.42 Å². The van der Waals surface area contributed by atoms with Gasteiger partial charge in [0.25, 0.3) is 10.0 Å². The molecule has 4 nitrogen and oxygen atoms in total. The summed E-state index contributed by atoms with van der Waals surface area (Å²) in [5.41, 5.74) is 1.68. The van der Waals surface area contributed by atoms with E-state index < -0.39 is 10.0 Å². The normalized spacial score (nSPS) is 22.5. The summed E-state index contributed by atoms with van der Waals surface area (Å²) in [6.45, 7) is 8.73. The standard InChI is InChI=1S/C25H31NO3S/c1-17(2)21-14-11-19(4)15-24(21)29-25-16-26(23-8-6-5-7-22(23)25)30(27,28)20-12-9-18(3)10-13-20/h5-10,12-13,16-17,19,21,24H,11,14-15H2,1-4H3/t19-,21+,24-/m0/s1. The van der Waals surface area contributed by atoms with Gasteiger partial charge in [-0.05, 0) is 61.8 Å². The minimum absolute atomic E-state index is 0.107. The highest BCUT2D eigenvalue weighted by molar-refractivity contribution is 7.90. The zero-order valence-corrected chi connectivity index (χ0v) is 19.0. The first-order valence-corrected chi connectivity index (χ1v) is 12.3. The molecule has 0 bridgehead atoms. The van der Waals surface area contributed by atoms with Crippen molar-refractivity contribution in [1.82, 2.24) is 3.97 Å². The Kier molecular flexibility index (Phi) is 5.67. The molecule has 1 saturated carbocycles. The lowest BCUT2D eigenvalue weighted by molar-refractivity contribution is 0.0471. The Morgan fingerprint density at radius 3 is 2.43 bits per heavy atom. The molecule has 0 radical (unpaired) electrons. The smallest absolute Gasteiger partial charge is 0.268 e. The summed E-state index contributed by atoms with van der Waals surface area (Å²) in [7, 11) is -3.71. The van der Waals surface area contributed by atoms with Gasteiger partial charge >= 0.3 is 0 Å². The molecule has 5 heteroatoms. The molecule has 3 aromatic rings. The van der Waals surface area contributed by atoms with Crippen molar-refractivity contribution < 1.29 is 13.2 Å². The number of hydrogen-bond acceptors (Lipinski definition) is 3. The highest BCUT2D eigenvalue weighted by Gasteiger charge is 2.33. The number of benzene rings is 2. The molecule has 1 fully saturated rings. The zero-order chi connectivity index (χ0) is 21.5. The van der Waals surface area contributed by atoms with Crippen LogP contribution in [0, 0.1) is 24.7 Å². The van der Waals surface area contributed by atoms with Gasteiger partial charge in [0, 0.05) is 5.39 Å². The molecule has 0 N–H and O–H groups in total. The molecule has 0 aliphatic heterocycles. The van der Waals surface area contributed by atoms with Crippen LogP contribution in [0.2, 0.25) is 0 Å². The number of aryl methyl sites for hydroxylation is 1. The van der Waals surface area contributed by atoms with Gasteiger partial charge in [-0.25, -0.2) is 12.4 Å². The summed E-state index contributed by atoms with van der Waals surface area (Å²) in [5, 5.41) is 0.842. The highest BCUT2D eigenvalue weighted by atomic mass is 32.2. The van der Waals surface area contributed by atoms with Gasteiger partial charge in [-0.15, -0.1) is 0 Å². The van der Waals surface area contributed by atoms with E-state index in [1.807, 2.05) is 43.3 Å². The molecule has 0 amide bonds. The van der Waals surface area contributed by atoms with Gasteiger partial charge in [0.1, 0.15) is 11.9 Å². The Hall–Kier alpha value is -2.27. The molecule has 2 aromatic carbocycles. The monoisotopic (exact) mass is 425 g/mol. The Morgan fingerprint density at radius 2 is 1.73 bits per heavy atom. The van der Waals surface area contributed by atoms with Crippen molar-refractivity contribution in [2.24, 2.45) is 17.8 Å². The van der Waals surface area contributed by atoms with E-state index >= 15 is 0 Å². The first kappa shape index (κ1) is 21.0. The van der Waals surface area contributed by atoms with E-state index in [1.54, 1.807) is 18.3 Å². The summed E-state index contributed by atoms with van der Waals surface area (Å²) in [4.78, 5) is 0.284. The molecule has 1 aliphatic carbocycles. The number of ether oxygens (including phenoxy) is 1. The SMILES string of the molecule is Cc1ccc(S(=O)(=O)n2cc(O[C@H]3C[C@@H](C)CC[C@@H]3C(C)C)c3ccccc32)cc1. The average molecular weight is 426 g/mol. The fraction of sp³-hybridized carbons (Fsp3) is 0.440. The average Bonchev–Trinajstić information content (AvgIpc) is 3.08. The highest BCUT2D eigenvalue weighted by Crippen LogP contribution is 2.39. The molecule has 3 atom stereocenters. The second-order valence-corrected chi connectivity index (χ2v) is 10.9. The molecule has 1 aliphatic rings. The number of aromatic nitrogens is 1. The fourth-order valence-corrected chi connectivity index (χ4v) is 6.01. The second kappa shape index (κ2) is 8.10. The van der Waals surface area contributed by atoms with Crippen molar-refractivity contribution >= 4 is 20.9 Å². The van der Waals surface area contributed by atoms with Crippen LogP contribution in [0.4, 0.5) is 0 Å². The minimum atomic E-state index is -3.71. The van der Waals surface area contributed by atoms with Gasteiger partial charge in [0.05, 0.1) is 16.6 Å². The van der Waals surface area contributed by atoms with E-state index in [0.717, 1.165) is 23.8 Å². The first-order valence-electron chi connectivity index (χ1n) is 10.9. The maximum atomic E-state index is 13.4. The number of rotatable bonds is 5. The van der Waals surface area contributed by atoms with E-state index in [-0.39, 0.29) is 11.0 Å². The predicted octanol–water partition coefficient (Wildman–Crippen LogP) is 6.03. The van der Waals surface area contributed by atoms with Crippen LogP contribution in [0.15, 0.2) is 59.6 Å². The fourth-order valence-electron chi connectivity index (χ4n) is 4.65. The summed E-state index contributed by atoms with van der Waals surface area (Å²) >= 11 is 0. The summed E-state index contributed by atoms with van der Waals surface area (Å²) < 4.78 is 34.7. The van der Waals surface area contributed by atoms with Crippen molar-refractivity contribution in [2.45, 2.75) is 58.0 Å². The quantitative estimate of drug-likeness (QED) is 0.502. The van der Waals surface area contributed by atoms with Gasteiger partial charge in [0.2, 0.25) is 0 Å². The maximum absolute atomic E-state index is 13.4. The largest absolute Gasteiger partial charge is 0.488 e. The zero-order valence-electron chi connectivity index (χ0n) is 18.2. The molecule has 1 heterocycles. The Balaban J connectivity index is 1.77. The van der Waals surface area contributed by atoms with Gasteiger partial charge < -0.3 is 4.74 Å². The van der Waals surface area contributed by atoms with Gasteiger partial charge in [-0.3, -0.25) is 0 Å². The third kappa shape index (κ3) is 3.87. The lowest BCUT2D eigenvalue weighted by Crippen LogP contribution is -2.36. The van der Waals surface area contributed by atoms with Crippen LogP contribution in [0.1, 0.15) is 45.6 Å². The lowest BCUT2D eigenvalue weighted by atomic mass is 9.75. The van der Waals surface area contributed by atoms with E-state index in [4.69, 9.17) is 4.74 Å². The van der Waals surface area contributed by atoms with Crippen molar-refractivity contribution in [2.75, 3.05) is 0 Å². The third-order valence-electron chi connectivity index (χ3n) is 6.46. The van der Waals surface area contributed by atoms with E-state index in [2.05, 4.69) is 20.8 Å².